The second-order valence-electron chi connectivity index (χ2n) is 6.02. The van der Waals surface area contributed by atoms with Crippen molar-refractivity contribution in [3.8, 4) is 0 Å². The van der Waals surface area contributed by atoms with Crippen molar-refractivity contribution in [1.29, 1.82) is 0 Å². The van der Waals surface area contributed by atoms with Gasteiger partial charge in [0.1, 0.15) is 0 Å². The van der Waals surface area contributed by atoms with Gasteiger partial charge in [-0.3, -0.25) is 6.08 Å². The van der Waals surface area contributed by atoms with Gasteiger partial charge < -0.3 is 15.3 Å². The van der Waals surface area contributed by atoms with Crippen molar-refractivity contribution in [2.24, 2.45) is 0 Å². The Kier molecular flexibility index (Phi) is 15.9. The Balaban J connectivity index is 0.000000417. The summed E-state index contributed by atoms with van der Waals surface area (Å²) in [5.41, 5.74) is 0.993. The summed E-state index contributed by atoms with van der Waals surface area (Å²) in [6, 6.07) is 24.9. The van der Waals surface area contributed by atoms with E-state index in [-0.39, 0.29) is 21.7 Å². The smallest absolute Gasteiger partial charge is 0.335 e. The fraction of sp³-hybridized carbons (Fsp3) is 0.0385. The number of aromatic carboxylic acids is 3. The van der Waals surface area contributed by atoms with Gasteiger partial charge in [-0.05, 0) is 36.4 Å². The Labute approximate surface area is 207 Å². The fourth-order valence-corrected chi connectivity index (χ4v) is 2.08. The first-order chi connectivity index (χ1) is 15.4. The molecule has 0 saturated heterocycles. The van der Waals surface area contributed by atoms with Gasteiger partial charge in [0.05, 0.1) is 16.7 Å². The van der Waals surface area contributed by atoms with E-state index in [2.05, 4.69) is 12.2 Å². The van der Waals surface area contributed by atoms with Crippen LogP contribution in [0.25, 0.3) is 0 Å². The molecule has 3 N–H and O–H groups in total. The van der Waals surface area contributed by atoms with Gasteiger partial charge in [-0.25, -0.2) is 26.5 Å². The number of hydrogen-bond donors (Lipinski definition) is 3. The maximum absolute atomic E-state index is 10.2. The van der Waals surface area contributed by atoms with Crippen LogP contribution in [0, 0.1) is 6.08 Å². The number of rotatable bonds is 3. The summed E-state index contributed by atoms with van der Waals surface area (Å²) in [7, 11) is 0. The zero-order valence-corrected chi connectivity index (χ0v) is 19.2. The van der Waals surface area contributed by atoms with Crippen LogP contribution in [0.4, 0.5) is 0 Å². The predicted octanol–water partition coefficient (Wildman–Crippen LogP) is 5.46. The van der Waals surface area contributed by atoms with Crippen LogP contribution < -0.4 is 0 Å². The molecule has 3 aromatic rings. The molecule has 6 nitrogen and oxygen atoms in total. The van der Waals surface area contributed by atoms with Crippen LogP contribution in [-0.2, 0) is 21.7 Å². The summed E-state index contributed by atoms with van der Waals surface area (Å²) >= 11 is 0. The molecule has 0 atom stereocenters. The molecule has 7 heteroatoms. The number of carboxylic acid groups (broad SMARTS) is 3. The van der Waals surface area contributed by atoms with E-state index < -0.39 is 17.9 Å². The summed E-state index contributed by atoms with van der Waals surface area (Å²) in [6.45, 7) is 0. The van der Waals surface area contributed by atoms with Crippen molar-refractivity contribution in [3.05, 3.63) is 132 Å². The molecule has 0 fully saturated rings. The Morgan fingerprint density at radius 3 is 1.00 bits per heavy atom. The summed E-state index contributed by atoms with van der Waals surface area (Å²) in [5.74, 6) is -2.64. The molecule has 168 valence electrons. The van der Waals surface area contributed by atoms with E-state index in [9.17, 15) is 14.4 Å². The quantitative estimate of drug-likeness (QED) is 0.340. The number of hydrogen-bond acceptors (Lipinski definition) is 3. The summed E-state index contributed by atoms with van der Waals surface area (Å²) in [6.07, 6.45) is 10.0. The van der Waals surface area contributed by atoms with E-state index in [0.717, 1.165) is 6.42 Å². The van der Waals surface area contributed by atoms with E-state index in [0.29, 0.717) is 16.7 Å². The van der Waals surface area contributed by atoms with Crippen molar-refractivity contribution in [2.45, 2.75) is 6.42 Å². The molecule has 0 spiro atoms. The third kappa shape index (κ3) is 14.0. The van der Waals surface area contributed by atoms with E-state index in [1.54, 1.807) is 91.0 Å². The van der Waals surface area contributed by atoms with Crippen LogP contribution in [-0.4, -0.2) is 33.2 Å². The first-order valence-corrected chi connectivity index (χ1v) is 9.48. The van der Waals surface area contributed by atoms with Gasteiger partial charge in [-0.2, -0.15) is 6.08 Å². The molecule has 1 aliphatic rings. The van der Waals surface area contributed by atoms with Gasteiger partial charge in [0.2, 0.25) is 0 Å². The Bertz CT molecular complexity index is 889. The molecule has 4 rings (SSSR count). The topological polar surface area (TPSA) is 112 Å². The first kappa shape index (κ1) is 29.3. The molecule has 0 bridgehead atoms. The normalized spacial score (nSPS) is 9.94. The Morgan fingerprint density at radius 1 is 0.576 bits per heavy atom. The standard InChI is InChI=1S/3C7H6O2.C5H5.Ti/c3*8-7(9)6-4-2-1-3-5-6;1-2-4-5-3-1;/h3*1-5H,(H,8,9);1-3H,4H2;/q;;;-1;. The van der Waals surface area contributed by atoms with Crippen LogP contribution in [0.1, 0.15) is 37.5 Å². The molecular weight excluding hydrogens is 456 g/mol. The zero-order valence-electron chi connectivity index (χ0n) is 17.7. The van der Waals surface area contributed by atoms with Crippen molar-refractivity contribution < 1.29 is 51.4 Å². The molecule has 0 radical (unpaired) electrons. The molecule has 0 saturated carbocycles. The fourth-order valence-electron chi connectivity index (χ4n) is 2.08. The summed E-state index contributed by atoms with van der Waals surface area (Å²) in [4.78, 5) is 30.6. The predicted molar refractivity (Wildman–Crippen MR) is 122 cm³/mol. The van der Waals surface area contributed by atoms with E-state index in [1.165, 1.54) is 0 Å². The molecule has 3 aromatic carbocycles. The molecule has 1 aliphatic carbocycles. The molecule has 0 amide bonds. The Morgan fingerprint density at radius 2 is 0.879 bits per heavy atom. The van der Waals surface area contributed by atoms with Crippen LogP contribution in [0.15, 0.2) is 109 Å². The average Bonchev–Trinajstić information content (AvgIpc) is 3.42. The van der Waals surface area contributed by atoms with Gasteiger partial charge >= 0.3 is 17.9 Å². The first-order valence-electron chi connectivity index (χ1n) is 9.48. The van der Waals surface area contributed by atoms with Gasteiger partial charge in [0, 0.05) is 21.7 Å². The number of benzene rings is 3. The largest absolute Gasteiger partial charge is 0.478 e. The molecular formula is C26H23O6Ti-. The maximum Gasteiger partial charge on any atom is 0.335 e. The van der Waals surface area contributed by atoms with Crippen LogP contribution in [0.3, 0.4) is 0 Å². The van der Waals surface area contributed by atoms with Crippen molar-refractivity contribution >= 4 is 17.9 Å². The molecule has 0 aliphatic heterocycles. The van der Waals surface area contributed by atoms with Crippen LogP contribution in [0.5, 0.6) is 0 Å². The maximum atomic E-state index is 10.2. The average molecular weight is 479 g/mol. The minimum absolute atomic E-state index is 0. The SMILES string of the molecule is O=C(O)c1ccccc1.O=C(O)c1ccccc1.O=C(O)c1ccccc1.[C-]1=CC=CC1.[Ti]. The minimum Gasteiger partial charge on any atom is -0.478 e. The second kappa shape index (κ2) is 17.9. The summed E-state index contributed by atoms with van der Waals surface area (Å²) < 4.78 is 0. The monoisotopic (exact) mass is 479 g/mol. The van der Waals surface area contributed by atoms with Crippen molar-refractivity contribution in [3.63, 3.8) is 0 Å². The molecule has 33 heavy (non-hydrogen) atoms. The van der Waals surface area contributed by atoms with E-state index in [1.807, 2.05) is 12.2 Å². The van der Waals surface area contributed by atoms with Crippen molar-refractivity contribution in [1.82, 2.24) is 0 Å². The zero-order chi connectivity index (χ0) is 23.6. The number of carbonyl (C=O) groups is 3. The van der Waals surface area contributed by atoms with Gasteiger partial charge in [-0.1, -0.05) is 54.6 Å². The van der Waals surface area contributed by atoms with Crippen LogP contribution >= 0.6 is 0 Å². The van der Waals surface area contributed by atoms with E-state index in [4.69, 9.17) is 15.3 Å². The molecule has 0 heterocycles. The van der Waals surface area contributed by atoms with Gasteiger partial charge in [-0.15, -0.1) is 6.42 Å². The number of allylic oxidation sites excluding steroid dienone is 4. The third-order valence-electron chi connectivity index (χ3n) is 3.65. The van der Waals surface area contributed by atoms with E-state index >= 15 is 0 Å². The molecule has 0 aromatic heterocycles. The van der Waals surface area contributed by atoms with Gasteiger partial charge in [0.15, 0.2) is 0 Å². The third-order valence-corrected chi connectivity index (χ3v) is 3.65. The van der Waals surface area contributed by atoms with Crippen molar-refractivity contribution in [2.75, 3.05) is 0 Å². The second-order valence-corrected chi connectivity index (χ2v) is 6.02. The number of carboxylic acids is 3. The summed E-state index contributed by atoms with van der Waals surface area (Å²) in [5, 5.41) is 25.2. The Hall–Kier alpha value is -3.74. The van der Waals surface area contributed by atoms with Crippen LogP contribution in [0.2, 0.25) is 0 Å². The molecule has 0 unspecified atom stereocenters. The minimum atomic E-state index is -0.879. The van der Waals surface area contributed by atoms with Gasteiger partial charge in [0.25, 0.3) is 0 Å².